The quantitative estimate of drug-likeness (QED) is 0.855. The molecule has 1 heterocycles. The van der Waals surface area contributed by atoms with E-state index >= 15 is 0 Å². The van der Waals surface area contributed by atoms with Crippen LogP contribution in [0.1, 0.15) is 26.4 Å². The number of benzene rings is 1. The molecule has 0 saturated carbocycles. The minimum atomic E-state index is -1.13. The molecule has 104 valence electrons. The summed E-state index contributed by atoms with van der Waals surface area (Å²) in [4.78, 5) is 23.3. The molecule has 2 N–H and O–H groups in total. The Bertz CT molecular complexity index is 702. The van der Waals surface area contributed by atoms with Gasteiger partial charge >= 0.3 is 5.97 Å². The highest BCUT2D eigenvalue weighted by Gasteiger charge is 2.21. The Morgan fingerprint density at radius 1 is 1.45 bits per heavy atom. The molecule has 8 heteroatoms. The van der Waals surface area contributed by atoms with Crippen LogP contribution in [0.4, 0.5) is 5.00 Å². The van der Waals surface area contributed by atoms with Crippen LogP contribution >= 0.6 is 39.1 Å². The lowest BCUT2D eigenvalue weighted by atomic mass is 10.2. The summed E-state index contributed by atoms with van der Waals surface area (Å²) in [5.41, 5.74) is 0.607. The normalized spacial score (nSPS) is 10.3. The van der Waals surface area contributed by atoms with Crippen LogP contribution in [0.5, 0.6) is 0 Å². The zero-order valence-electron chi connectivity index (χ0n) is 10.1. The first-order chi connectivity index (χ1) is 9.41. The van der Waals surface area contributed by atoms with Crippen LogP contribution in [0.25, 0.3) is 0 Å². The average molecular weight is 376 g/mol. The van der Waals surface area contributed by atoms with Crippen molar-refractivity contribution in [1.29, 1.82) is 0 Å². The minimum Gasteiger partial charge on any atom is -0.478 e. The van der Waals surface area contributed by atoms with Gasteiger partial charge in [-0.3, -0.25) is 4.79 Å². The number of halogens is 2. The third kappa shape index (κ3) is 2.84. The van der Waals surface area contributed by atoms with Gasteiger partial charge in [-0.1, -0.05) is 17.7 Å². The molecule has 0 saturated heterocycles. The summed E-state index contributed by atoms with van der Waals surface area (Å²) in [6.45, 7) is 1.57. The van der Waals surface area contributed by atoms with Crippen molar-refractivity contribution in [2.45, 2.75) is 6.92 Å². The largest absolute Gasteiger partial charge is 0.478 e. The maximum atomic E-state index is 12.1. The lowest BCUT2D eigenvalue weighted by Gasteiger charge is -2.06. The van der Waals surface area contributed by atoms with Gasteiger partial charge < -0.3 is 10.4 Å². The van der Waals surface area contributed by atoms with Crippen molar-refractivity contribution in [2.75, 3.05) is 5.32 Å². The predicted octanol–water partition coefficient (Wildman–Crippen LogP) is 3.82. The molecule has 0 bridgehead atoms. The second-order valence-corrected chi connectivity index (χ2v) is 5.84. The van der Waals surface area contributed by atoms with Crippen molar-refractivity contribution in [3.63, 3.8) is 0 Å². The van der Waals surface area contributed by atoms with Gasteiger partial charge in [0.15, 0.2) is 0 Å². The Morgan fingerprint density at radius 3 is 2.80 bits per heavy atom. The zero-order valence-corrected chi connectivity index (χ0v) is 13.3. The molecule has 5 nitrogen and oxygen atoms in total. The van der Waals surface area contributed by atoms with Gasteiger partial charge in [-0.25, -0.2) is 4.79 Å². The fourth-order valence-electron chi connectivity index (χ4n) is 1.56. The van der Waals surface area contributed by atoms with E-state index in [0.717, 1.165) is 11.5 Å². The van der Waals surface area contributed by atoms with Crippen LogP contribution in [-0.2, 0) is 0 Å². The molecule has 0 fully saturated rings. The van der Waals surface area contributed by atoms with Gasteiger partial charge in [0, 0.05) is 4.47 Å². The van der Waals surface area contributed by atoms with Crippen LogP contribution in [0.3, 0.4) is 0 Å². The maximum Gasteiger partial charge on any atom is 0.340 e. The van der Waals surface area contributed by atoms with Crippen molar-refractivity contribution >= 4 is 55.9 Å². The number of hydrogen-bond acceptors (Lipinski definition) is 4. The van der Waals surface area contributed by atoms with Crippen LogP contribution in [-0.4, -0.2) is 21.4 Å². The fourth-order valence-corrected chi connectivity index (χ4v) is 2.92. The van der Waals surface area contributed by atoms with E-state index in [0.29, 0.717) is 10.2 Å². The second-order valence-electron chi connectivity index (χ2n) is 3.83. The predicted molar refractivity (Wildman–Crippen MR) is 80.9 cm³/mol. The number of aromatic nitrogens is 1. The smallest absolute Gasteiger partial charge is 0.340 e. The summed E-state index contributed by atoms with van der Waals surface area (Å²) >= 11 is 10.2. The SMILES string of the molecule is Cc1nsc(NC(=O)c2cccc(Br)c2Cl)c1C(=O)O. The number of carbonyl (C=O) groups excluding carboxylic acids is 1. The number of rotatable bonds is 3. The van der Waals surface area contributed by atoms with Crippen LogP contribution < -0.4 is 5.32 Å². The maximum absolute atomic E-state index is 12.1. The summed E-state index contributed by atoms with van der Waals surface area (Å²) in [6.07, 6.45) is 0. The Hall–Kier alpha value is -1.44. The van der Waals surface area contributed by atoms with E-state index in [2.05, 4.69) is 25.6 Å². The molecule has 0 spiro atoms. The number of carbonyl (C=O) groups is 2. The summed E-state index contributed by atoms with van der Waals surface area (Å²) in [6, 6.07) is 4.93. The van der Waals surface area contributed by atoms with E-state index in [-0.39, 0.29) is 21.2 Å². The molecule has 2 rings (SSSR count). The topological polar surface area (TPSA) is 79.3 Å². The van der Waals surface area contributed by atoms with Crippen molar-refractivity contribution in [3.8, 4) is 0 Å². The molecule has 0 radical (unpaired) electrons. The highest BCUT2D eigenvalue weighted by molar-refractivity contribution is 9.10. The number of aromatic carboxylic acids is 1. The second kappa shape index (κ2) is 5.90. The van der Waals surface area contributed by atoms with E-state index in [1.807, 2.05) is 0 Å². The van der Waals surface area contributed by atoms with Crippen LogP contribution in [0, 0.1) is 6.92 Å². The molecule has 0 unspecified atom stereocenters. The van der Waals surface area contributed by atoms with Crippen LogP contribution in [0.2, 0.25) is 5.02 Å². The Labute approximate surface area is 131 Å². The minimum absolute atomic E-state index is 0.00512. The van der Waals surface area contributed by atoms with E-state index in [1.54, 1.807) is 25.1 Å². The Kier molecular flexibility index (Phi) is 4.42. The highest BCUT2D eigenvalue weighted by atomic mass is 79.9. The lowest BCUT2D eigenvalue weighted by molar-refractivity contribution is 0.0697. The van der Waals surface area contributed by atoms with Crippen molar-refractivity contribution in [3.05, 3.63) is 44.5 Å². The number of nitrogens with one attached hydrogen (secondary N) is 1. The zero-order chi connectivity index (χ0) is 14.9. The third-order valence-corrected chi connectivity index (χ3v) is 4.65. The third-order valence-electron chi connectivity index (χ3n) is 2.50. The highest BCUT2D eigenvalue weighted by Crippen LogP contribution is 2.29. The first-order valence-electron chi connectivity index (χ1n) is 5.36. The number of aryl methyl sites for hydroxylation is 1. The average Bonchev–Trinajstić information content (AvgIpc) is 2.73. The van der Waals surface area contributed by atoms with Gasteiger partial charge in [0.25, 0.3) is 5.91 Å². The van der Waals surface area contributed by atoms with Gasteiger partial charge in [-0.2, -0.15) is 4.37 Å². The number of carboxylic acids is 1. The molecule has 0 atom stereocenters. The fraction of sp³-hybridized carbons (Fsp3) is 0.0833. The number of nitrogens with zero attached hydrogens (tertiary/aromatic N) is 1. The molecule has 0 aliphatic carbocycles. The van der Waals surface area contributed by atoms with Crippen molar-refractivity contribution in [2.24, 2.45) is 0 Å². The summed E-state index contributed by atoms with van der Waals surface area (Å²) < 4.78 is 4.52. The van der Waals surface area contributed by atoms with Gasteiger partial charge in [-0.15, -0.1) is 0 Å². The molecule has 2 aromatic rings. The monoisotopic (exact) mass is 374 g/mol. The number of amides is 1. The van der Waals surface area contributed by atoms with Gasteiger partial charge in [0.1, 0.15) is 10.6 Å². The standard InChI is InChI=1S/C12H8BrClN2O3S/c1-5-8(12(18)19)11(20-16-5)15-10(17)6-3-2-4-7(13)9(6)14/h2-4H,1H3,(H,15,17)(H,18,19). The molecule has 1 aromatic carbocycles. The van der Waals surface area contributed by atoms with Crippen molar-refractivity contribution in [1.82, 2.24) is 4.37 Å². The van der Waals surface area contributed by atoms with Gasteiger partial charge in [0.2, 0.25) is 0 Å². The van der Waals surface area contributed by atoms with E-state index in [9.17, 15) is 9.59 Å². The molecular weight excluding hydrogens is 368 g/mol. The molecule has 20 heavy (non-hydrogen) atoms. The van der Waals surface area contributed by atoms with Gasteiger partial charge in [-0.05, 0) is 46.5 Å². The lowest BCUT2D eigenvalue weighted by Crippen LogP contribution is -2.14. The van der Waals surface area contributed by atoms with Crippen molar-refractivity contribution < 1.29 is 14.7 Å². The molecule has 0 aliphatic heterocycles. The molecule has 1 amide bonds. The van der Waals surface area contributed by atoms with Gasteiger partial charge in [0.05, 0.1) is 16.3 Å². The first kappa shape index (κ1) is 15.0. The number of hydrogen-bond donors (Lipinski definition) is 2. The molecular formula is C12H8BrClN2O3S. The number of carboxylic acid groups (broad SMARTS) is 1. The number of anilines is 1. The van der Waals surface area contributed by atoms with Crippen LogP contribution in [0.15, 0.2) is 22.7 Å². The Morgan fingerprint density at radius 2 is 2.15 bits per heavy atom. The summed E-state index contributed by atoms with van der Waals surface area (Å²) in [5, 5.41) is 12.1. The summed E-state index contributed by atoms with van der Waals surface area (Å²) in [7, 11) is 0. The van der Waals surface area contributed by atoms with E-state index in [4.69, 9.17) is 16.7 Å². The Balaban J connectivity index is 2.33. The summed E-state index contributed by atoms with van der Waals surface area (Å²) in [5.74, 6) is -1.62. The first-order valence-corrected chi connectivity index (χ1v) is 7.31. The van der Waals surface area contributed by atoms with E-state index < -0.39 is 11.9 Å². The van der Waals surface area contributed by atoms with E-state index in [1.165, 1.54) is 0 Å². The molecule has 0 aliphatic rings. The molecule has 1 aromatic heterocycles.